The molecule has 5 heterocycles. The van der Waals surface area contributed by atoms with Gasteiger partial charge in [0.2, 0.25) is 0 Å². The number of oxime groups is 1. The average molecular weight is 526 g/mol. The Labute approximate surface area is 215 Å². The number of aliphatic hydroxyl groups excluding tert-OH is 2. The van der Waals surface area contributed by atoms with Crippen LogP contribution in [-0.2, 0) is 20.9 Å². The summed E-state index contributed by atoms with van der Waals surface area (Å²) in [5.41, 5.74) is 0.632. The molecule has 3 aromatic rings. The van der Waals surface area contributed by atoms with Crippen molar-refractivity contribution in [2.45, 2.75) is 62.5 Å². The Balaban J connectivity index is 1.18. The molecule has 0 radical (unpaired) electrons. The Morgan fingerprint density at radius 1 is 1.16 bits per heavy atom. The number of hydrogen-bond acceptors (Lipinski definition) is 10. The van der Waals surface area contributed by atoms with Crippen LogP contribution in [-0.4, -0.2) is 82.5 Å². The third-order valence-corrected chi connectivity index (χ3v) is 7.93. The van der Waals surface area contributed by atoms with Crippen molar-refractivity contribution in [1.82, 2.24) is 28.9 Å². The van der Waals surface area contributed by atoms with E-state index in [0.29, 0.717) is 30.1 Å². The van der Waals surface area contributed by atoms with E-state index in [0.717, 1.165) is 4.57 Å². The molecule has 2 aromatic heterocycles. The molecular formula is C24H27N7O7. The Kier molecular flexibility index (Phi) is 5.40. The Morgan fingerprint density at radius 2 is 1.97 bits per heavy atom. The van der Waals surface area contributed by atoms with Gasteiger partial charge in [0.25, 0.3) is 0 Å². The molecule has 0 amide bonds. The molecule has 14 heteroatoms. The van der Waals surface area contributed by atoms with Gasteiger partial charge in [0.15, 0.2) is 6.10 Å². The molecule has 8 unspecified atom stereocenters. The molecule has 200 valence electrons. The molecule has 1 aliphatic carbocycles. The second-order valence-electron chi connectivity index (χ2n) is 10.2. The summed E-state index contributed by atoms with van der Waals surface area (Å²) in [5, 5.41) is 33.8. The smallest absolute Gasteiger partial charge is 0.352 e. The van der Waals surface area contributed by atoms with Gasteiger partial charge in [-0.1, -0.05) is 28.6 Å². The van der Waals surface area contributed by atoms with E-state index in [1.54, 1.807) is 42.1 Å². The molecule has 2 N–H and O–H groups in total. The summed E-state index contributed by atoms with van der Waals surface area (Å²) in [7, 11) is 0. The predicted molar refractivity (Wildman–Crippen MR) is 129 cm³/mol. The van der Waals surface area contributed by atoms with E-state index in [-0.39, 0.29) is 25.1 Å². The number of epoxide rings is 1. The molecule has 1 aromatic carbocycles. The molecule has 1 saturated carbocycles. The van der Waals surface area contributed by atoms with Crippen LogP contribution in [0.15, 0.2) is 51.3 Å². The third kappa shape index (κ3) is 3.51. The van der Waals surface area contributed by atoms with E-state index in [4.69, 9.17) is 14.3 Å². The molecule has 0 spiro atoms. The number of ether oxygens (including phenoxy) is 2. The highest BCUT2D eigenvalue weighted by Gasteiger charge is 2.61. The molecule has 8 atom stereocenters. The zero-order chi connectivity index (χ0) is 26.1. The highest BCUT2D eigenvalue weighted by atomic mass is 16.6. The van der Waals surface area contributed by atoms with Crippen LogP contribution >= 0.6 is 0 Å². The summed E-state index contributed by atoms with van der Waals surface area (Å²) in [6.45, 7) is 2.67. The molecule has 2 saturated heterocycles. The van der Waals surface area contributed by atoms with E-state index in [1.807, 2.05) is 6.07 Å². The first-order valence-corrected chi connectivity index (χ1v) is 12.7. The van der Waals surface area contributed by atoms with E-state index >= 15 is 0 Å². The summed E-state index contributed by atoms with van der Waals surface area (Å²) in [4.78, 5) is 32.5. The molecule has 0 bridgehead atoms. The zero-order valence-electron chi connectivity index (χ0n) is 20.5. The van der Waals surface area contributed by atoms with Gasteiger partial charge in [-0.15, -0.1) is 5.10 Å². The summed E-state index contributed by atoms with van der Waals surface area (Å²) < 4.78 is 16.5. The molecule has 3 aliphatic heterocycles. The lowest BCUT2D eigenvalue weighted by molar-refractivity contribution is 0.0291. The van der Waals surface area contributed by atoms with Crippen molar-refractivity contribution >= 4 is 5.71 Å². The lowest BCUT2D eigenvalue weighted by Gasteiger charge is -2.38. The van der Waals surface area contributed by atoms with E-state index in [1.165, 1.54) is 9.36 Å². The number of fused-ring (bicyclic) bond motifs is 4. The Bertz CT molecular complexity index is 1510. The second-order valence-corrected chi connectivity index (χ2v) is 10.2. The number of hydrogen-bond donors (Lipinski definition) is 2. The number of aromatic nitrogens is 6. The van der Waals surface area contributed by atoms with Crippen molar-refractivity contribution in [3.63, 3.8) is 0 Å². The zero-order valence-corrected chi connectivity index (χ0v) is 20.5. The molecule has 4 aliphatic rings. The van der Waals surface area contributed by atoms with Crippen LogP contribution in [0.2, 0.25) is 0 Å². The second kappa shape index (κ2) is 8.73. The minimum atomic E-state index is -0.975. The minimum Gasteiger partial charge on any atom is -0.388 e. The molecule has 14 nitrogen and oxygen atoms in total. The molecule has 38 heavy (non-hydrogen) atoms. The van der Waals surface area contributed by atoms with Crippen LogP contribution in [0.3, 0.4) is 0 Å². The number of aliphatic hydroxyl groups is 2. The minimum absolute atomic E-state index is 0.252. The van der Waals surface area contributed by atoms with Crippen molar-refractivity contribution < 1.29 is 24.5 Å². The van der Waals surface area contributed by atoms with E-state index < -0.39 is 47.9 Å². The fraction of sp³-hybridized carbons (Fsp3) is 0.542. The van der Waals surface area contributed by atoms with Gasteiger partial charge in [-0.3, -0.25) is 0 Å². The maximum absolute atomic E-state index is 13.5. The highest BCUT2D eigenvalue weighted by Crippen LogP contribution is 2.46. The number of nitrogens with zero attached hydrogens (tertiary/aromatic N) is 7. The summed E-state index contributed by atoms with van der Waals surface area (Å²) >= 11 is 0. The lowest BCUT2D eigenvalue weighted by Crippen LogP contribution is -2.53. The van der Waals surface area contributed by atoms with Crippen LogP contribution in [0.25, 0.3) is 5.69 Å². The van der Waals surface area contributed by atoms with Crippen LogP contribution in [0.4, 0.5) is 0 Å². The number of para-hydroxylation sites is 1. The number of rotatable bonds is 5. The molecule has 7 rings (SSSR count). The maximum Gasteiger partial charge on any atom is 0.352 e. The summed E-state index contributed by atoms with van der Waals surface area (Å²) in [5.74, 6) is -0.355. The van der Waals surface area contributed by atoms with Gasteiger partial charge in [-0.2, -0.15) is 0 Å². The van der Waals surface area contributed by atoms with Crippen molar-refractivity contribution in [3.8, 4) is 5.69 Å². The van der Waals surface area contributed by atoms with Gasteiger partial charge < -0.3 is 24.5 Å². The van der Waals surface area contributed by atoms with Gasteiger partial charge in [0, 0.05) is 12.5 Å². The van der Waals surface area contributed by atoms with Gasteiger partial charge in [0.05, 0.1) is 36.9 Å². The lowest BCUT2D eigenvalue weighted by atomic mass is 9.78. The van der Waals surface area contributed by atoms with Crippen molar-refractivity contribution in [2.24, 2.45) is 11.1 Å². The normalized spacial score (nSPS) is 33.4. The van der Waals surface area contributed by atoms with Crippen molar-refractivity contribution in [2.75, 3.05) is 13.2 Å². The highest BCUT2D eigenvalue weighted by molar-refractivity contribution is 5.94. The van der Waals surface area contributed by atoms with Crippen LogP contribution < -0.4 is 11.4 Å². The van der Waals surface area contributed by atoms with Crippen molar-refractivity contribution in [3.05, 3.63) is 63.2 Å². The Morgan fingerprint density at radius 3 is 2.74 bits per heavy atom. The van der Waals surface area contributed by atoms with Gasteiger partial charge in [0.1, 0.15) is 36.2 Å². The SMILES string of the molecule is CC(ON=C1C2CCn3c(=O)n(-c4ccccc4)c(=O)n3C2C(O)C2OC12)c1cn(C2COCC2O)nn1. The number of benzene rings is 1. The van der Waals surface area contributed by atoms with Crippen LogP contribution in [0, 0.1) is 5.92 Å². The fourth-order valence-electron chi connectivity index (χ4n) is 5.86. The third-order valence-electron chi connectivity index (χ3n) is 7.93. The van der Waals surface area contributed by atoms with Crippen LogP contribution in [0.5, 0.6) is 0 Å². The first kappa shape index (κ1) is 23.5. The van der Waals surface area contributed by atoms with E-state index in [2.05, 4.69) is 15.5 Å². The maximum atomic E-state index is 13.5. The van der Waals surface area contributed by atoms with E-state index in [9.17, 15) is 19.8 Å². The average Bonchev–Trinajstić information content (AvgIpc) is 3.24. The largest absolute Gasteiger partial charge is 0.388 e. The topological polar surface area (TPSA) is 163 Å². The molecular weight excluding hydrogens is 498 g/mol. The monoisotopic (exact) mass is 525 g/mol. The summed E-state index contributed by atoms with van der Waals surface area (Å²) in [6, 6.07) is 7.69. The quantitative estimate of drug-likeness (QED) is 0.319. The van der Waals surface area contributed by atoms with Crippen molar-refractivity contribution in [1.29, 1.82) is 0 Å². The summed E-state index contributed by atoms with van der Waals surface area (Å²) in [6.07, 6.45) is -0.948. The van der Waals surface area contributed by atoms with Gasteiger partial charge in [-0.05, 0) is 25.5 Å². The fourth-order valence-corrected chi connectivity index (χ4v) is 5.86. The first-order chi connectivity index (χ1) is 18.4. The van der Waals surface area contributed by atoms with Gasteiger partial charge >= 0.3 is 11.4 Å². The predicted octanol–water partition coefficient (Wildman–Crippen LogP) is -0.839. The van der Waals surface area contributed by atoms with Gasteiger partial charge in [-0.25, -0.2) is 28.2 Å². The van der Waals surface area contributed by atoms with Crippen LogP contribution in [0.1, 0.15) is 37.2 Å². The first-order valence-electron chi connectivity index (χ1n) is 12.7. The Hall–Kier alpha value is -3.59. The molecule has 3 fully saturated rings. The standard InChI is InChI=1S/C24H27N7O7/c1-12(15-9-28(27-25-15)16-10-36-11-17(16)32)38-26-18-14-7-8-29-23(34)30(13-5-3-2-4-6-13)24(35)31(29)19(14)20(33)22-21(18)37-22/h2-6,9,12,14,16-17,19-22,32-33H,7-8,10-11H2,1H3.